The van der Waals surface area contributed by atoms with E-state index in [0.29, 0.717) is 12.3 Å². The van der Waals surface area contributed by atoms with Crippen LogP contribution in [0.2, 0.25) is 0 Å². The van der Waals surface area contributed by atoms with E-state index in [1.54, 1.807) is 19.1 Å². The number of carbonyl (C=O) groups is 2. The summed E-state index contributed by atoms with van der Waals surface area (Å²) >= 11 is 0. The van der Waals surface area contributed by atoms with Gasteiger partial charge in [-0.3, -0.25) is 4.79 Å². The maximum Gasteiger partial charge on any atom is 1.00 e. The number of fused-ring (bicyclic) bond motifs is 1. The number of aliphatic hydroxyl groups is 1. The summed E-state index contributed by atoms with van der Waals surface area (Å²) in [5.74, 6) is -2.64. The summed E-state index contributed by atoms with van der Waals surface area (Å²) in [4.78, 5) is 24.9. The topological polar surface area (TPSA) is 86.7 Å². The molecule has 8 atom stereocenters. The van der Waals surface area contributed by atoms with Crippen molar-refractivity contribution in [3.8, 4) is 0 Å². The third kappa shape index (κ3) is 1.82. The van der Waals surface area contributed by atoms with E-state index in [0.717, 1.165) is 24.8 Å². The number of hydrogen-bond acceptors (Lipinski definition) is 5. The van der Waals surface area contributed by atoms with Gasteiger partial charge in [0.25, 0.3) is 0 Å². The number of carboxylic acids is 1. The molecule has 5 rings (SSSR count). The van der Waals surface area contributed by atoms with Crippen LogP contribution in [0.25, 0.3) is 0 Å². The van der Waals surface area contributed by atoms with Crippen molar-refractivity contribution in [3.05, 3.63) is 24.3 Å². The Morgan fingerprint density at radius 1 is 1.44 bits per heavy atom. The van der Waals surface area contributed by atoms with Crippen molar-refractivity contribution >= 4 is 11.9 Å². The van der Waals surface area contributed by atoms with Crippen LogP contribution in [0.5, 0.6) is 0 Å². The van der Waals surface area contributed by atoms with Crippen molar-refractivity contribution in [1.82, 2.24) is 0 Å². The third-order valence-corrected chi connectivity index (χ3v) is 8.00. The first-order valence-corrected chi connectivity index (χ1v) is 8.77. The summed E-state index contributed by atoms with van der Waals surface area (Å²) in [7, 11) is 0. The number of aliphatic hydroxyl groups excluding tert-OH is 1. The van der Waals surface area contributed by atoms with Gasteiger partial charge in [-0.15, -0.1) is 0 Å². The fourth-order valence-corrected chi connectivity index (χ4v) is 7.12. The van der Waals surface area contributed by atoms with E-state index in [2.05, 4.69) is 6.58 Å². The van der Waals surface area contributed by atoms with Gasteiger partial charge >= 0.3 is 57.4 Å². The van der Waals surface area contributed by atoms with Gasteiger partial charge in [0.1, 0.15) is 11.0 Å². The first kappa shape index (κ1) is 18.4. The quantitative estimate of drug-likeness (QED) is 0.316. The number of allylic oxidation sites excluding steroid dienone is 1. The first-order chi connectivity index (χ1) is 11.3. The number of esters is 1. The maximum atomic E-state index is 12.7. The van der Waals surface area contributed by atoms with Gasteiger partial charge < -0.3 is 19.7 Å². The average molecular weight is 368 g/mol. The Bertz CT molecular complexity index is 731. The molecule has 4 aliphatic carbocycles. The van der Waals surface area contributed by atoms with Crippen molar-refractivity contribution in [2.75, 3.05) is 0 Å². The third-order valence-electron chi connectivity index (χ3n) is 8.00. The van der Waals surface area contributed by atoms with E-state index in [-0.39, 0.29) is 57.3 Å². The molecule has 1 spiro atoms. The second-order valence-electron chi connectivity index (χ2n) is 8.70. The largest absolute Gasteiger partial charge is 1.00 e. The van der Waals surface area contributed by atoms with E-state index in [1.165, 1.54) is 0 Å². The number of carboxylic acid groups (broad SMARTS) is 1. The van der Waals surface area contributed by atoms with Crippen molar-refractivity contribution < 1.29 is 75.9 Å². The average Bonchev–Trinajstić information content (AvgIpc) is 2.98. The minimum atomic E-state index is -1.22. The van der Waals surface area contributed by atoms with Gasteiger partial charge in [0.15, 0.2) is 0 Å². The monoisotopic (exact) mass is 368 g/mol. The van der Waals surface area contributed by atoms with Gasteiger partial charge in [-0.2, -0.15) is 0 Å². The molecule has 0 radical (unpaired) electrons. The summed E-state index contributed by atoms with van der Waals surface area (Å²) in [5, 5.41) is 22.8. The summed E-state index contributed by atoms with van der Waals surface area (Å²) in [5.41, 5.74) is -1.47. The van der Waals surface area contributed by atoms with Gasteiger partial charge in [-0.25, -0.2) is 0 Å². The molecule has 0 aromatic rings. The predicted octanol–water partition coefficient (Wildman–Crippen LogP) is -2.42. The molecule has 1 heterocycles. The van der Waals surface area contributed by atoms with Crippen LogP contribution in [-0.4, -0.2) is 28.8 Å². The molecule has 4 bridgehead atoms. The van der Waals surface area contributed by atoms with Gasteiger partial charge in [0.2, 0.25) is 0 Å². The number of carbonyl (C=O) groups excluding carboxylic acids is 2. The summed E-state index contributed by atoms with van der Waals surface area (Å²) in [6, 6.07) is 0. The zero-order valence-corrected chi connectivity index (χ0v) is 17.8. The first-order valence-electron chi connectivity index (χ1n) is 8.77. The van der Waals surface area contributed by atoms with Crippen molar-refractivity contribution in [3.63, 3.8) is 0 Å². The molecule has 5 aliphatic rings. The SMILES string of the molecule is C=C1C[C@]23C[C@H]1CC[C@H]2[C@@]12C=C[C@H](O)[C@@](C)(C(=O)O1)[C@H]2[C@@H]3C(=O)[O-].[K+]. The molecule has 0 unspecified atom stereocenters. The fourth-order valence-electron chi connectivity index (χ4n) is 7.12. The second-order valence-corrected chi connectivity index (χ2v) is 8.70. The van der Waals surface area contributed by atoms with Gasteiger partial charge in [0, 0.05) is 23.7 Å². The molecule has 6 heteroatoms. The minimum absolute atomic E-state index is 0. The molecule has 128 valence electrons. The summed E-state index contributed by atoms with van der Waals surface area (Å²) in [6.45, 7) is 5.84. The van der Waals surface area contributed by atoms with Crippen LogP contribution in [0, 0.1) is 34.5 Å². The zero-order valence-electron chi connectivity index (χ0n) is 14.7. The van der Waals surface area contributed by atoms with E-state index in [9.17, 15) is 19.8 Å². The molecule has 5 nitrogen and oxygen atoms in total. The normalized spacial score (nSPS) is 54.6. The smallest absolute Gasteiger partial charge is 0.550 e. The Kier molecular flexibility index (Phi) is 3.89. The molecule has 3 saturated carbocycles. The number of ether oxygens (including phenoxy) is 1. The van der Waals surface area contributed by atoms with Crippen LogP contribution < -0.4 is 56.5 Å². The number of rotatable bonds is 1. The van der Waals surface area contributed by atoms with Crippen LogP contribution in [0.3, 0.4) is 0 Å². The Labute approximate surface area is 189 Å². The molecule has 0 aromatic heterocycles. The predicted molar refractivity (Wildman–Crippen MR) is 81.1 cm³/mol. The Morgan fingerprint density at radius 2 is 2.16 bits per heavy atom. The Hall–Kier alpha value is 0.0164. The van der Waals surface area contributed by atoms with E-state index in [1.807, 2.05) is 0 Å². The van der Waals surface area contributed by atoms with Crippen LogP contribution >= 0.6 is 0 Å². The summed E-state index contributed by atoms with van der Waals surface area (Å²) < 4.78 is 5.89. The van der Waals surface area contributed by atoms with Gasteiger partial charge in [-0.05, 0) is 50.0 Å². The molecule has 1 saturated heterocycles. The molecule has 0 amide bonds. The molecule has 4 fully saturated rings. The fraction of sp³-hybridized carbons (Fsp3) is 0.684. The van der Waals surface area contributed by atoms with Crippen LogP contribution in [0.1, 0.15) is 32.6 Å². The molecule has 1 aliphatic heterocycles. The van der Waals surface area contributed by atoms with Crippen LogP contribution in [-0.2, 0) is 14.3 Å². The Balaban J connectivity index is 0.00000157. The standard InChI is InChI=1S/C19H22O5.K/c1-9-7-18-8-10(9)3-4-11(18)19-6-5-12(20)17(2,16(23)24-19)14(19)13(18)15(21)22;/h5-6,10-14,20H,1,3-4,7-8H2,2H3,(H,21,22);/q;+1/p-1/t10-,11-,12+,13-,14-,17-,18+,19-;/m1./s1. The molecule has 25 heavy (non-hydrogen) atoms. The van der Waals surface area contributed by atoms with Crippen molar-refractivity contribution in [2.45, 2.75) is 44.3 Å². The molecular weight excluding hydrogens is 347 g/mol. The second kappa shape index (κ2) is 5.30. The van der Waals surface area contributed by atoms with E-state index >= 15 is 0 Å². The molecular formula is C19H21KO5. The van der Waals surface area contributed by atoms with Crippen LogP contribution in [0.15, 0.2) is 24.3 Å². The van der Waals surface area contributed by atoms with Gasteiger partial charge in [-0.1, -0.05) is 18.2 Å². The minimum Gasteiger partial charge on any atom is -0.550 e. The van der Waals surface area contributed by atoms with Crippen molar-refractivity contribution in [2.24, 2.45) is 34.5 Å². The van der Waals surface area contributed by atoms with Crippen LogP contribution in [0.4, 0.5) is 0 Å². The maximum absolute atomic E-state index is 12.7. The number of hydrogen-bond donors (Lipinski definition) is 1. The van der Waals surface area contributed by atoms with Crippen molar-refractivity contribution in [1.29, 1.82) is 0 Å². The van der Waals surface area contributed by atoms with E-state index < -0.39 is 46.3 Å². The summed E-state index contributed by atoms with van der Waals surface area (Å²) in [6.07, 6.45) is 5.62. The zero-order chi connectivity index (χ0) is 17.1. The van der Waals surface area contributed by atoms with E-state index in [4.69, 9.17) is 4.74 Å². The molecule has 1 N–H and O–H groups in total. The number of aliphatic carboxylic acids is 1. The Morgan fingerprint density at radius 3 is 2.84 bits per heavy atom. The van der Waals surface area contributed by atoms with Gasteiger partial charge in [0.05, 0.1) is 6.10 Å². The molecule has 0 aromatic carbocycles.